The summed E-state index contributed by atoms with van der Waals surface area (Å²) in [5.74, 6) is 0. The molecule has 0 aliphatic rings. The summed E-state index contributed by atoms with van der Waals surface area (Å²) in [6.07, 6.45) is 2.29. The molecule has 0 heterocycles. The quantitative estimate of drug-likeness (QED) is 0.371. The Morgan fingerprint density at radius 1 is 1.33 bits per heavy atom. The van der Waals surface area contributed by atoms with E-state index in [9.17, 15) is 0 Å². The Morgan fingerprint density at radius 3 is 2.17 bits per heavy atom. The van der Waals surface area contributed by atoms with Gasteiger partial charge >= 0.3 is 0 Å². The summed E-state index contributed by atoms with van der Waals surface area (Å²) in [6.45, 7) is 6.61. The number of quaternary nitrogens is 1. The molecule has 0 bridgehead atoms. The van der Waals surface area contributed by atoms with Gasteiger partial charge in [-0.3, -0.25) is 0 Å². The lowest BCUT2D eigenvalue weighted by atomic mass is 10.3. The molecule has 0 aliphatic heterocycles. The monoisotopic (exact) mass is 299 g/mol. The predicted octanol–water partition coefficient (Wildman–Crippen LogP) is -0.572. The molecular formula is C9H19Br2N. The van der Waals surface area contributed by atoms with Gasteiger partial charge in [-0.2, -0.15) is 0 Å². The standard InChI is InChI=1S/C9H19BrN.BrH/c1-9(2)5-7-11(3,4)8-6-10;/h5H,6-8H2,1-4H3;1H/q+1;/p-1. The molecular weight excluding hydrogens is 282 g/mol. The molecule has 0 saturated heterocycles. The van der Waals surface area contributed by atoms with Crippen molar-refractivity contribution in [1.82, 2.24) is 0 Å². The van der Waals surface area contributed by atoms with Crippen molar-refractivity contribution in [3.05, 3.63) is 11.6 Å². The maximum atomic E-state index is 3.46. The number of halogens is 2. The number of hydrogen-bond acceptors (Lipinski definition) is 0. The molecule has 0 atom stereocenters. The molecule has 3 heteroatoms. The van der Waals surface area contributed by atoms with Crippen LogP contribution in [0.5, 0.6) is 0 Å². The minimum absolute atomic E-state index is 0. The normalized spacial score (nSPS) is 10.4. The van der Waals surface area contributed by atoms with Crippen LogP contribution < -0.4 is 17.0 Å². The maximum absolute atomic E-state index is 3.46. The number of nitrogens with zero attached hydrogens (tertiary/aromatic N) is 1. The first-order valence-electron chi connectivity index (χ1n) is 3.99. The van der Waals surface area contributed by atoms with Crippen LogP contribution in [-0.2, 0) is 0 Å². The van der Waals surface area contributed by atoms with E-state index in [4.69, 9.17) is 0 Å². The van der Waals surface area contributed by atoms with E-state index in [0.717, 1.165) is 16.4 Å². The maximum Gasteiger partial charge on any atom is 0.0972 e. The minimum Gasteiger partial charge on any atom is -1.00 e. The minimum atomic E-state index is 0. The molecule has 0 saturated carbocycles. The highest BCUT2D eigenvalue weighted by Crippen LogP contribution is 2.00. The van der Waals surface area contributed by atoms with Crippen LogP contribution in [0.25, 0.3) is 0 Å². The van der Waals surface area contributed by atoms with Crippen LogP contribution in [0.15, 0.2) is 11.6 Å². The second-order valence-corrected chi connectivity index (χ2v) is 4.61. The average molecular weight is 301 g/mol. The molecule has 0 aliphatic carbocycles. The van der Waals surface area contributed by atoms with Crippen molar-refractivity contribution in [3.63, 3.8) is 0 Å². The Bertz CT molecular complexity index is 137. The van der Waals surface area contributed by atoms with Crippen molar-refractivity contribution in [3.8, 4) is 0 Å². The molecule has 1 nitrogen and oxygen atoms in total. The average Bonchev–Trinajstić information content (AvgIpc) is 1.84. The smallest absolute Gasteiger partial charge is 0.0972 e. The van der Waals surface area contributed by atoms with Crippen molar-refractivity contribution in [1.29, 1.82) is 0 Å². The number of hydrogen-bond donors (Lipinski definition) is 0. The van der Waals surface area contributed by atoms with E-state index in [1.807, 2.05) is 0 Å². The molecule has 0 rings (SSSR count). The number of likely N-dealkylation sites (N-methyl/N-ethyl adjacent to an activating group) is 1. The predicted molar refractivity (Wildman–Crippen MR) is 55.1 cm³/mol. The van der Waals surface area contributed by atoms with E-state index in [1.54, 1.807) is 0 Å². The third kappa shape index (κ3) is 8.75. The van der Waals surface area contributed by atoms with Gasteiger partial charge in [0.25, 0.3) is 0 Å². The molecule has 0 unspecified atom stereocenters. The fraction of sp³-hybridized carbons (Fsp3) is 0.778. The summed E-state index contributed by atoms with van der Waals surface area (Å²) in [5.41, 5.74) is 1.41. The lowest BCUT2D eigenvalue weighted by Gasteiger charge is -2.27. The molecule has 12 heavy (non-hydrogen) atoms. The fourth-order valence-corrected chi connectivity index (χ4v) is 1.71. The van der Waals surface area contributed by atoms with Crippen molar-refractivity contribution >= 4 is 15.9 Å². The van der Waals surface area contributed by atoms with Crippen molar-refractivity contribution < 1.29 is 21.5 Å². The third-order valence-corrected chi connectivity index (χ3v) is 2.04. The second-order valence-electron chi connectivity index (χ2n) is 3.81. The molecule has 0 aromatic carbocycles. The van der Waals surface area contributed by atoms with Crippen molar-refractivity contribution in [2.45, 2.75) is 13.8 Å². The van der Waals surface area contributed by atoms with Gasteiger partial charge in [-0.25, -0.2) is 0 Å². The van der Waals surface area contributed by atoms with Gasteiger partial charge in [-0.1, -0.05) is 21.5 Å². The number of alkyl halides is 1. The van der Waals surface area contributed by atoms with Gasteiger partial charge in [0.2, 0.25) is 0 Å². The van der Waals surface area contributed by atoms with Crippen LogP contribution in [-0.4, -0.2) is 37.0 Å². The van der Waals surface area contributed by atoms with E-state index in [2.05, 4.69) is 49.9 Å². The van der Waals surface area contributed by atoms with Gasteiger partial charge < -0.3 is 21.5 Å². The Hall–Kier alpha value is 0.660. The summed E-state index contributed by atoms with van der Waals surface area (Å²) < 4.78 is 1.07. The van der Waals surface area contributed by atoms with E-state index in [-0.39, 0.29) is 17.0 Å². The summed E-state index contributed by atoms with van der Waals surface area (Å²) in [6, 6.07) is 0. The highest BCUT2D eigenvalue weighted by molar-refractivity contribution is 9.09. The van der Waals surface area contributed by atoms with Crippen LogP contribution in [0.4, 0.5) is 0 Å². The first-order chi connectivity index (χ1) is 4.98. The summed E-state index contributed by atoms with van der Waals surface area (Å²) in [7, 11) is 4.50. The van der Waals surface area contributed by atoms with Crippen molar-refractivity contribution in [2.24, 2.45) is 0 Å². The molecule has 74 valence electrons. The largest absolute Gasteiger partial charge is 1.00 e. The van der Waals surface area contributed by atoms with Gasteiger partial charge in [-0.05, 0) is 19.9 Å². The molecule has 0 spiro atoms. The third-order valence-electron chi connectivity index (χ3n) is 1.68. The zero-order valence-corrected chi connectivity index (χ0v) is 11.6. The number of allylic oxidation sites excluding steroid dienone is 1. The Morgan fingerprint density at radius 2 is 1.83 bits per heavy atom. The molecule has 0 aromatic heterocycles. The Balaban J connectivity index is 0. The fourth-order valence-electron chi connectivity index (χ4n) is 0.750. The molecule has 0 amide bonds. The first kappa shape index (κ1) is 15.1. The van der Waals surface area contributed by atoms with Gasteiger partial charge in [-0.15, -0.1) is 0 Å². The zero-order chi connectivity index (χ0) is 8.91. The second kappa shape index (κ2) is 7.10. The molecule has 0 fully saturated rings. The van der Waals surface area contributed by atoms with E-state index in [0.29, 0.717) is 0 Å². The highest BCUT2D eigenvalue weighted by atomic mass is 79.9. The van der Waals surface area contributed by atoms with Crippen LogP contribution >= 0.6 is 15.9 Å². The summed E-state index contributed by atoms with van der Waals surface area (Å²) >= 11 is 3.46. The van der Waals surface area contributed by atoms with Gasteiger partial charge in [0.1, 0.15) is 0 Å². The zero-order valence-electron chi connectivity index (χ0n) is 8.40. The molecule has 0 aromatic rings. The topological polar surface area (TPSA) is 0 Å². The Labute approximate surface area is 95.3 Å². The lowest BCUT2D eigenvalue weighted by molar-refractivity contribution is -0.881. The SMILES string of the molecule is CC(C)=CC[N+](C)(C)CCBr.[Br-]. The van der Waals surface area contributed by atoms with Gasteiger partial charge in [0, 0.05) is 0 Å². The lowest BCUT2D eigenvalue weighted by Crippen LogP contribution is -3.00. The Kier molecular flexibility index (Phi) is 8.96. The van der Waals surface area contributed by atoms with Crippen LogP contribution in [0.1, 0.15) is 13.8 Å². The van der Waals surface area contributed by atoms with Crippen LogP contribution in [0, 0.1) is 0 Å². The van der Waals surface area contributed by atoms with Crippen LogP contribution in [0.2, 0.25) is 0 Å². The molecule has 0 N–H and O–H groups in total. The van der Waals surface area contributed by atoms with E-state index >= 15 is 0 Å². The van der Waals surface area contributed by atoms with Crippen LogP contribution in [0.3, 0.4) is 0 Å². The van der Waals surface area contributed by atoms with Gasteiger partial charge in [0.15, 0.2) is 0 Å². The molecule has 0 radical (unpaired) electrons. The van der Waals surface area contributed by atoms with Crippen molar-refractivity contribution in [2.75, 3.05) is 32.5 Å². The van der Waals surface area contributed by atoms with Gasteiger partial charge in [0.05, 0.1) is 32.5 Å². The summed E-state index contributed by atoms with van der Waals surface area (Å²) in [4.78, 5) is 0. The first-order valence-corrected chi connectivity index (χ1v) is 5.11. The number of rotatable bonds is 4. The van der Waals surface area contributed by atoms with E-state index < -0.39 is 0 Å². The highest BCUT2D eigenvalue weighted by Gasteiger charge is 2.10. The van der Waals surface area contributed by atoms with E-state index in [1.165, 1.54) is 12.1 Å². The summed E-state index contributed by atoms with van der Waals surface area (Å²) in [5, 5.41) is 1.08.